The highest BCUT2D eigenvalue weighted by Gasteiger charge is 2.16. The Hall–Kier alpha value is -1.30. The van der Waals surface area contributed by atoms with Gasteiger partial charge in [-0.2, -0.15) is 8.78 Å². The minimum atomic E-state index is -2.48. The van der Waals surface area contributed by atoms with Gasteiger partial charge in [-0.1, -0.05) is 30.8 Å². The molecule has 20 heavy (non-hydrogen) atoms. The lowest BCUT2D eigenvalue weighted by Gasteiger charge is -2.19. The average Bonchev–Trinajstić information content (AvgIpc) is 2.40. The molecule has 2 N–H and O–H groups in total. The molecule has 0 saturated carbocycles. The number of carbonyl (C=O) groups is 1. The molecule has 6 heteroatoms. The van der Waals surface area contributed by atoms with E-state index in [1.807, 2.05) is 13.8 Å². The van der Waals surface area contributed by atoms with Gasteiger partial charge in [-0.05, 0) is 32.4 Å². The van der Waals surface area contributed by atoms with Gasteiger partial charge in [0.25, 0.3) is 5.76 Å². The standard InChI is InChI=1S/C14H20F2N2OS/c1-4-9(2)17-13(19)10(3)18-11-7-5-6-8-12(11)20-14(15)16/h5-10,14,18H,4H2,1-3H3,(H,17,19). The Kier molecular flexibility index (Phi) is 6.78. The second-order valence-electron chi connectivity index (χ2n) is 4.56. The number of alkyl halides is 2. The van der Waals surface area contributed by atoms with E-state index >= 15 is 0 Å². The molecule has 1 amide bonds. The quantitative estimate of drug-likeness (QED) is 0.754. The largest absolute Gasteiger partial charge is 0.373 e. The molecule has 0 aliphatic heterocycles. The van der Waals surface area contributed by atoms with Crippen molar-refractivity contribution in [3.8, 4) is 0 Å². The Morgan fingerprint density at radius 3 is 2.55 bits per heavy atom. The van der Waals surface area contributed by atoms with Crippen LogP contribution >= 0.6 is 11.8 Å². The molecule has 0 aliphatic carbocycles. The Labute approximate surface area is 122 Å². The normalized spacial score (nSPS) is 13.9. The number of halogens is 2. The molecule has 2 atom stereocenters. The third-order valence-electron chi connectivity index (χ3n) is 2.87. The van der Waals surface area contributed by atoms with Crippen molar-refractivity contribution >= 4 is 23.4 Å². The summed E-state index contributed by atoms with van der Waals surface area (Å²) in [7, 11) is 0. The van der Waals surface area contributed by atoms with Gasteiger partial charge in [0.1, 0.15) is 6.04 Å². The first kappa shape index (κ1) is 16.8. The molecule has 0 heterocycles. The average molecular weight is 302 g/mol. The number of nitrogens with one attached hydrogen (secondary N) is 2. The summed E-state index contributed by atoms with van der Waals surface area (Å²) in [5.41, 5.74) is 0.546. The van der Waals surface area contributed by atoms with Crippen molar-refractivity contribution < 1.29 is 13.6 Å². The van der Waals surface area contributed by atoms with Crippen LogP contribution in [0.2, 0.25) is 0 Å². The van der Waals surface area contributed by atoms with Crippen molar-refractivity contribution in [2.45, 2.75) is 49.9 Å². The van der Waals surface area contributed by atoms with Crippen molar-refractivity contribution in [1.82, 2.24) is 5.32 Å². The van der Waals surface area contributed by atoms with Crippen LogP contribution in [0.5, 0.6) is 0 Å². The topological polar surface area (TPSA) is 41.1 Å². The summed E-state index contributed by atoms with van der Waals surface area (Å²) >= 11 is 0.470. The molecule has 112 valence electrons. The molecule has 1 rings (SSSR count). The fourth-order valence-corrected chi connectivity index (χ4v) is 2.16. The summed E-state index contributed by atoms with van der Waals surface area (Å²) in [6, 6.07) is 6.36. The molecule has 0 fully saturated rings. The number of hydrogen-bond acceptors (Lipinski definition) is 3. The number of hydrogen-bond donors (Lipinski definition) is 2. The maximum Gasteiger partial charge on any atom is 0.288 e. The molecule has 2 unspecified atom stereocenters. The Morgan fingerprint density at radius 2 is 1.95 bits per heavy atom. The van der Waals surface area contributed by atoms with Crippen molar-refractivity contribution in [1.29, 1.82) is 0 Å². The van der Waals surface area contributed by atoms with Crippen molar-refractivity contribution in [3.05, 3.63) is 24.3 Å². The third-order valence-corrected chi connectivity index (χ3v) is 3.66. The second-order valence-corrected chi connectivity index (χ2v) is 5.59. The van der Waals surface area contributed by atoms with Crippen LogP contribution in [0.4, 0.5) is 14.5 Å². The van der Waals surface area contributed by atoms with E-state index in [0.29, 0.717) is 22.3 Å². The third kappa shape index (κ3) is 5.36. The smallest absolute Gasteiger partial charge is 0.288 e. The number of amides is 1. The monoisotopic (exact) mass is 302 g/mol. The summed E-state index contributed by atoms with van der Waals surface area (Å²) in [5.74, 6) is -2.63. The van der Waals surface area contributed by atoms with Crippen molar-refractivity contribution in [2.75, 3.05) is 5.32 Å². The van der Waals surface area contributed by atoms with Crippen LogP contribution in [0.25, 0.3) is 0 Å². The molecular weight excluding hydrogens is 282 g/mol. The van der Waals surface area contributed by atoms with E-state index in [1.54, 1.807) is 31.2 Å². The lowest BCUT2D eigenvalue weighted by molar-refractivity contribution is -0.122. The van der Waals surface area contributed by atoms with Gasteiger partial charge in [0.2, 0.25) is 5.91 Å². The lowest BCUT2D eigenvalue weighted by atomic mass is 10.2. The van der Waals surface area contributed by atoms with Crippen LogP contribution < -0.4 is 10.6 Å². The van der Waals surface area contributed by atoms with Gasteiger partial charge >= 0.3 is 0 Å². The minimum absolute atomic E-state index is 0.0948. The second kappa shape index (κ2) is 8.09. The highest BCUT2D eigenvalue weighted by molar-refractivity contribution is 7.99. The van der Waals surface area contributed by atoms with E-state index in [-0.39, 0.29) is 11.9 Å². The molecule has 3 nitrogen and oxygen atoms in total. The van der Waals surface area contributed by atoms with E-state index < -0.39 is 11.8 Å². The molecule has 0 spiro atoms. The van der Waals surface area contributed by atoms with Gasteiger partial charge in [-0.15, -0.1) is 0 Å². The lowest BCUT2D eigenvalue weighted by Crippen LogP contribution is -2.41. The molecule has 0 saturated heterocycles. The van der Waals surface area contributed by atoms with Crippen LogP contribution in [0, 0.1) is 0 Å². The number of carbonyl (C=O) groups excluding carboxylic acids is 1. The maximum atomic E-state index is 12.5. The van der Waals surface area contributed by atoms with Gasteiger partial charge in [0.15, 0.2) is 0 Å². The number of para-hydroxylation sites is 1. The van der Waals surface area contributed by atoms with E-state index in [2.05, 4.69) is 10.6 Å². The first-order valence-corrected chi connectivity index (χ1v) is 7.42. The fourth-order valence-electron chi connectivity index (χ4n) is 1.55. The molecular formula is C14H20F2N2OS. The molecule has 0 radical (unpaired) electrons. The summed E-state index contributed by atoms with van der Waals surface area (Å²) in [4.78, 5) is 12.4. The van der Waals surface area contributed by atoms with Gasteiger partial charge in [-0.3, -0.25) is 4.79 Å². The number of benzene rings is 1. The van der Waals surface area contributed by atoms with Crippen LogP contribution in [0.15, 0.2) is 29.2 Å². The van der Waals surface area contributed by atoms with Crippen molar-refractivity contribution in [3.63, 3.8) is 0 Å². The van der Waals surface area contributed by atoms with E-state index in [1.165, 1.54) is 0 Å². The summed E-state index contributed by atoms with van der Waals surface area (Å²) < 4.78 is 24.9. The number of rotatable bonds is 7. The number of anilines is 1. The first-order chi connectivity index (χ1) is 9.43. The maximum absolute atomic E-state index is 12.5. The minimum Gasteiger partial charge on any atom is -0.373 e. The van der Waals surface area contributed by atoms with Crippen LogP contribution in [0.1, 0.15) is 27.2 Å². The molecule has 1 aromatic carbocycles. The zero-order valence-electron chi connectivity index (χ0n) is 11.8. The SMILES string of the molecule is CCC(C)NC(=O)C(C)Nc1ccccc1SC(F)F. The Morgan fingerprint density at radius 1 is 1.30 bits per heavy atom. The van der Waals surface area contributed by atoms with E-state index in [0.717, 1.165) is 6.42 Å². The predicted octanol–water partition coefficient (Wildman–Crippen LogP) is 3.72. The van der Waals surface area contributed by atoms with E-state index in [9.17, 15) is 13.6 Å². The predicted molar refractivity (Wildman–Crippen MR) is 79.3 cm³/mol. The fraction of sp³-hybridized carbons (Fsp3) is 0.500. The zero-order chi connectivity index (χ0) is 15.1. The molecule has 0 aromatic heterocycles. The van der Waals surface area contributed by atoms with Gasteiger partial charge in [-0.25, -0.2) is 0 Å². The molecule has 0 bridgehead atoms. The van der Waals surface area contributed by atoms with Gasteiger partial charge in [0.05, 0.1) is 0 Å². The van der Waals surface area contributed by atoms with Gasteiger partial charge in [0, 0.05) is 16.6 Å². The summed E-state index contributed by atoms with van der Waals surface area (Å²) in [5, 5.41) is 5.83. The zero-order valence-corrected chi connectivity index (χ0v) is 12.6. The molecule has 0 aliphatic rings. The van der Waals surface area contributed by atoms with Crippen LogP contribution in [-0.4, -0.2) is 23.7 Å². The van der Waals surface area contributed by atoms with Crippen LogP contribution in [-0.2, 0) is 4.79 Å². The Bertz CT molecular complexity index is 443. The summed E-state index contributed by atoms with van der Waals surface area (Å²) in [6.45, 7) is 5.62. The van der Waals surface area contributed by atoms with Crippen molar-refractivity contribution in [2.24, 2.45) is 0 Å². The first-order valence-electron chi connectivity index (χ1n) is 6.54. The van der Waals surface area contributed by atoms with Crippen LogP contribution in [0.3, 0.4) is 0 Å². The highest BCUT2D eigenvalue weighted by atomic mass is 32.2. The molecule has 1 aromatic rings. The van der Waals surface area contributed by atoms with Gasteiger partial charge < -0.3 is 10.6 Å². The summed E-state index contributed by atoms with van der Waals surface area (Å²) in [6.07, 6.45) is 0.844. The Balaban J connectivity index is 2.70. The number of thioether (sulfide) groups is 1. The highest BCUT2D eigenvalue weighted by Crippen LogP contribution is 2.31. The van der Waals surface area contributed by atoms with E-state index in [4.69, 9.17) is 0 Å².